The second-order valence-corrected chi connectivity index (χ2v) is 7.25. The number of carboxylic acid groups (broad SMARTS) is 1. The summed E-state index contributed by atoms with van der Waals surface area (Å²) in [6.45, 7) is 4.11. The van der Waals surface area contributed by atoms with Crippen LogP contribution in [0.5, 0.6) is 0 Å². The lowest BCUT2D eigenvalue weighted by Crippen LogP contribution is -2.27. The summed E-state index contributed by atoms with van der Waals surface area (Å²) in [7, 11) is 0. The van der Waals surface area contributed by atoms with Gasteiger partial charge in [0.25, 0.3) is 5.91 Å². The van der Waals surface area contributed by atoms with Gasteiger partial charge < -0.3 is 15.2 Å². The first-order valence-electron chi connectivity index (χ1n) is 10.8. The van der Waals surface area contributed by atoms with Gasteiger partial charge in [-0.15, -0.1) is 0 Å². The van der Waals surface area contributed by atoms with Crippen LogP contribution in [0.3, 0.4) is 0 Å². The zero-order chi connectivity index (χ0) is 20.5. The topological polar surface area (TPSA) is 75.6 Å². The number of carboxylic acids is 1. The van der Waals surface area contributed by atoms with E-state index in [9.17, 15) is 9.59 Å². The van der Waals surface area contributed by atoms with Crippen LogP contribution in [0.2, 0.25) is 0 Å². The fourth-order valence-corrected chi connectivity index (χ4v) is 3.13. The van der Waals surface area contributed by atoms with E-state index in [0.717, 1.165) is 19.4 Å². The molecule has 0 aliphatic heterocycles. The molecule has 0 atom stereocenters. The van der Waals surface area contributed by atoms with E-state index >= 15 is 0 Å². The molecule has 0 aliphatic carbocycles. The molecule has 1 amide bonds. The summed E-state index contributed by atoms with van der Waals surface area (Å²) < 4.78 is 5.61. The molecule has 0 aromatic heterocycles. The van der Waals surface area contributed by atoms with E-state index < -0.39 is 5.97 Å². The molecule has 0 saturated heterocycles. The quantitative estimate of drug-likeness (QED) is 0.347. The first-order valence-corrected chi connectivity index (χ1v) is 10.8. The highest BCUT2D eigenvalue weighted by atomic mass is 16.5. The van der Waals surface area contributed by atoms with Crippen molar-refractivity contribution in [3.63, 3.8) is 0 Å². The van der Waals surface area contributed by atoms with Crippen molar-refractivity contribution in [3.05, 3.63) is 35.4 Å². The molecule has 0 spiro atoms. The van der Waals surface area contributed by atoms with Crippen LogP contribution in [0.15, 0.2) is 24.3 Å². The van der Waals surface area contributed by atoms with E-state index in [1.807, 2.05) is 0 Å². The molecule has 158 valence electrons. The van der Waals surface area contributed by atoms with Crippen molar-refractivity contribution < 1.29 is 19.4 Å². The maximum Gasteiger partial charge on any atom is 0.336 e. The summed E-state index contributed by atoms with van der Waals surface area (Å²) in [5.41, 5.74) is 0.221. The van der Waals surface area contributed by atoms with Crippen LogP contribution in [0.25, 0.3) is 0 Å². The van der Waals surface area contributed by atoms with Crippen LogP contribution >= 0.6 is 0 Å². The molecule has 5 nitrogen and oxygen atoms in total. The molecule has 0 bridgehead atoms. The van der Waals surface area contributed by atoms with E-state index in [-0.39, 0.29) is 17.0 Å². The maximum absolute atomic E-state index is 12.1. The Morgan fingerprint density at radius 2 is 1.36 bits per heavy atom. The summed E-state index contributed by atoms with van der Waals surface area (Å²) in [6.07, 6.45) is 13.8. The summed E-state index contributed by atoms with van der Waals surface area (Å²) in [5.74, 6) is -1.45. The lowest BCUT2D eigenvalue weighted by Gasteiger charge is -2.08. The zero-order valence-electron chi connectivity index (χ0n) is 17.4. The van der Waals surface area contributed by atoms with Crippen LogP contribution in [0.1, 0.15) is 98.3 Å². The summed E-state index contributed by atoms with van der Waals surface area (Å²) >= 11 is 0. The Hall–Kier alpha value is -1.88. The molecule has 1 aromatic carbocycles. The lowest BCUT2D eigenvalue weighted by atomic mass is 10.1. The smallest absolute Gasteiger partial charge is 0.336 e. The maximum atomic E-state index is 12.1. The number of ether oxygens (including phenoxy) is 1. The van der Waals surface area contributed by atoms with Crippen molar-refractivity contribution in [1.82, 2.24) is 5.32 Å². The Morgan fingerprint density at radius 3 is 1.96 bits per heavy atom. The van der Waals surface area contributed by atoms with Crippen molar-refractivity contribution in [3.8, 4) is 0 Å². The highest BCUT2D eigenvalue weighted by Gasteiger charge is 2.14. The SMILES string of the molecule is CCCCCCCCCCCCOCCCNC(=O)c1ccccc1C(=O)O. The molecule has 0 aliphatic rings. The first kappa shape index (κ1) is 24.2. The minimum Gasteiger partial charge on any atom is -0.478 e. The van der Waals surface area contributed by atoms with Crippen LogP contribution in [0.4, 0.5) is 0 Å². The number of benzene rings is 1. The number of nitrogens with one attached hydrogen (secondary N) is 1. The molecule has 0 unspecified atom stereocenters. The molecule has 0 fully saturated rings. The third kappa shape index (κ3) is 11.1. The van der Waals surface area contributed by atoms with Crippen molar-refractivity contribution in [1.29, 1.82) is 0 Å². The predicted octanol–water partition coefficient (Wildman–Crippen LogP) is 5.44. The average Bonchev–Trinajstić information content (AvgIpc) is 2.70. The van der Waals surface area contributed by atoms with Gasteiger partial charge >= 0.3 is 5.97 Å². The highest BCUT2D eigenvalue weighted by molar-refractivity contribution is 6.04. The van der Waals surface area contributed by atoms with Crippen LogP contribution in [-0.4, -0.2) is 36.7 Å². The van der Waals surface area contributed by atoms with E-state index in [0.29, 0.717) is 13.2 Å². The van der Waals surface area contributed by atoms with Crippen LogP contribution in [-0.2, 0) is 4.74 Å². The van der Waals surface area contributed by atoms with Gasteiger partial charge in [-0.05, 0) is 25.0 Å². The van der Waals surface area contributed by atoms with Crippen molar-refractivity contribution in [2.45, 2.75) is 77.6 Å². The first-order chi connectivity index (χ1) is 13.7. The number of hydrogen-bond donors (Lipinski definition) is 2. The Balaban J connectivity index is 1.94. The monoisotopic (exact) mass is 391 g/mol. The molecular weight excluding hydrogens is 354 g/mol. The second kappa shape index (κ2) is 16.1. The fraction of sp³-hybridized carbons (Fsp3) is 0.652. The van der Waals surface area contributed by atoms with Gasteiger partial charge in [-0.2, -0.15) is 0 Å². The zero-order valence-corrected chi connectivity index (χ0v) is 17.4. The minimum atomic E-state index is -1.09. The molecule has 5 heteroatoms. The van der Waals surface area contributed by atoms with E-state index in [2.05, 4.69) is 12.2 Å². The number of amides is 1. The van der Waals surface area contributed by atoms with Gasteiger partial charge in [0.1, 0.15) is 0 Å². The largest absolute Gasteiger partial charge is 0.478 e. The van der Waals surface area contributed by atoms with Gasteiger partial charge in [0.2, 0.25) is 0 Å². The van der Waals surface area contributed by atoms with E-state index in [1.54, 1.807) is 12.1 Å². The molecule has 28 heavy (non-hydrogen) atoms. The molecular formula is C23H37NO4. The van der Waals surface area contributed by atoms with Gasteiger partial charge in [0.15, 0.2) is 0 Å². The van der Waals surface area contributed by atoms with Gasteiger partial charge in [-0.1, -0.05) is 76.8 Å². The average molecular weight is 392 g/mol. The minimum absolute atomic E-state index is 0.0252. The van der Waals surface area contributed by atoms with Gasteiger partial charge in [0.05, 0.1) is 11.1 Å². The fourth-order valence-electron chi connectivity index (χ4n) is 3.13. The summed E-state index contributed by atoms with van der Waals surface area (Å²) in [6, 6.07) is 6.24. The number of rotatable bonds is 17. The Morgan fingerprint density at radius 1 is 0.821 bits per heavy atom. The number of carbonyl (C=O) groups excluding carboxylic acids is 1. The molecule has 0 radical (unpaired) electrons. The third-order valence-corrected chi connectivity index (χ3v) is 4.80. The Labute approximate surface area is 169 Å². The molecule has 0 saturated carbocycles. The number of carbonyl (C=O) groups is 2. The normalized spacial score (nSPS) is 10.8. The summed E-state index contributed by atoms with van der Waals surface area (Å²) in [4.78, 5) is 23.2. The Bertz CT molecular complexity index is 559. The molecule has 2 N–H and O–H groups in total. The standard InChI is InChI=1S/C23H37NO4/c1-2-3-4-5-6-7-8-9-10-13-18-28-19-14-17-24-22(25)20-15-11-12-16-21(20)23(26)27/h11-12,15-16H,2-10,13-14,17-19H2,1H3,(H,24,25)(H,26,27). The second-order valence-electron chi connectivity index (χ2n) is 7.25. The molecule has 1 rings (SSSR count). The predicted molar refractivity (Wildman–Crippen MR) is 113 cm³/mol. The van der Waals surface area contributed by atoms with Crippen molar-refractivity contribution in [2.75, 3.05) is 19.8 Å². The number of unbranched alkanes of at least 4 members (excludes halogenated alkanes) is 9. The van der Waals surface area contributed by atoms with Gasteiger partial charge in [0, 0.05) is 19.8 Å². The highest BCUT2D eigenvalue weighted by Crippen LogP contribution is 2.11. The van der Waals surface area contributed by atoms with Crippen molar-refractivity contribution in [2.24, 2.45) is 0 Å². The lowest BCUT2D eigenvalue weighted by molar-refractivity contribution is 0.0690. The summed E-state index contributed by atoms with van der Waals surface area (Å²) in [5, 5.41) is 11.9. The van der Waals surface area contributed by atoms with Crippen LogP contribution < -0.4 is 5.32 Å². The number of aromatic carboxylic acids is 1. The van der Waals surface area contributed by atoms with Gasteiger partial charge in [-0.3, -0.25) is 4.79 Å². The van der Waals surface area contributed by atoms with E-state index in [1.165, 1.54) is 69.9 Å². The van der Waals surface area contributed by atoms with Crippen LogP contribution in [0, 0.1) is 0 Å². The number of hydrogen-bond acceptors (Lipinski definition) is 3. The van der Waals surface area contributed by atoms with E-state index in [4.69, 9.17) is 9.84 Å². The van der Waals surface area contributed by atoms with Crippen molar-refractivity contribution >= 4 is 11.9 Å². The Kier molecular flexibility index (Phi) is 13.9. The molecule has 1 aromatic rings. The molecule has 0 heterocycles. The van der Waals surface area contributed by atoms with Gasteiger partial charge in [-0.25, -0.2) is 4.79 Å². The third-order valence-electron chi connectivity index (χ3n) is 4.80.